The first kappa shape index (κ1) is 18.1. The van der Waals surface area contributed by atoms with E-state index in [1.54, 1.807) is 30.3 Å². The van der Waals surface area contributed by atoms with Crippen molar-refractivity contribution in [1.29, 1.82) is 0 Å². The Hall–Kier alpha value is -1.70. The van der Waals surface area contributed by atoms with Crippen LogP contribution >= 0.6 is 0 Å². The predicted molar refractivity (Wildman–Crippen MR) is 92.6 cm³/mol. The lowest BCUT2D eigenvalue weighted by Crippen LogP contribution is -2.39. The summed E-state index contributed by atoms with van der Waals surface area (Å²) >= 11 is 0. The number of carbonyl (C=O) groups is 1. The highest BCUT2D eigenvalue weighted by Gasteiger charge is 2.55. The molecule has 0 bridgehead atoms. The van der Waals surface area contributed by atoms with Crippen LogP contribution in [0.3, 0.4) is 0 Å². The highest BCUT2D eigenvalue weighted by molar-refractivity contribution is 7.89. The van der Waals surface area contributed by atoms with Crippen LogP contribution in [0.15, 0.2) is 47.4 Å². The van der Waals surface area contributed by atoms with Gasteiger partial charge in [0, 0.05) is 18.4 Å². The first-order chi connectivity index (χ1) is 12.0. The summed E-state index contributed by atoms with van der Waals surface area (Å²) in [7, 11) is -3.52. The fourth-order valence-electron chi connectivity index (χ4n) is 3.42. The lowest BCUT2D eigenvalue weighted by atomic mass is 9.98. The van der Waals surface area contributed by atoms with E-state index in [0.29, 0.717) is 19.3 Å². The SMILES string of the molecule is O=C(O)CCC/C=C\C[C@H]1[C@H]2O[C@H]2C[C@@H]1NS(=O)(=O)c1ccccc1. The van der Waals surface area contributed by atoms with Crippen LogP contribution in [0, 0.1) is 5.92 Å². The molecule has 3 rings (SSSR count). The summed E-state index contributed by atoms with van der Waals surface area (Å²) in [6, 6.07) is 8.26. The maximum atomic E-state index is 12.5. The van der Waals surface area contributed by atoms with Crippen LogP contribution in [-0.4, -0.2) is 37.7 Å². The normalized spacial score (nSPS) is 28.2. The maximum Gasteiger partial charge on any atom is 0.303 e. The second-order valence-corrected chi connectivity index (χ2v) is 8.29. The van der Waals surface area contributed by atoms with Crippen LogP contribution in [0.1, 0.15) is 32.1 Å². The Kier molecular flexibility index (Phi) is 5.56. The summed E-state index contributed by atoms with van der Waals surface area (Å²) in [6.07, 6.45) is 7.21. The van der Waals surface area contributed by atoms with Gasteiger partial charge in [0.15, 0.2) is 0 Å². The molecule has 25 heavy (non-hydrogen) atoms. The van der Waals surface area contributed by atoms with Crippen LogP contribution in [0.5, 0.6) is 0 Å². The Balaban J connectivity index is 1.55. The highest BCUT2D eigenvalue weighted by atomic mass is 32.2. The van der Waals surface area contributed by atoms with Crippen LogP contribution in [0.2, 0.25) is 0 Å². The molecule has 0 spiro atoms. The van der Waals surface area contributed by atoms with Crippen molar-refractivity contribution >= 4 is 16.0 Å². The Morgan fingerprint density at radius 3 is 2.76 bits per heavy atom. The molecule has 2 fully saturated rings. The minimum Gasteiger partial charge on any atom is -0.481 e. The summed E-state index contributed by atoms with van der Waals surface area (Å²) in [5.74, 6) is -0.659. The van der Waals surface area contributed by atoms with Gasteiger partial charge in [0.2, 0.25) is 10.0 Å². The first-order valence-electron chi connectivity index (χ1n) is 8.57. The molecular formula is C18H23NO5S. The molecule has 7 heteroatoms. The lowest BCUT2D eigenvalue weighted by Gasteiger charge is -2.22. The van der Waals surface area contributed by atoms with Crippen molar-refractivity contribution in [3.63, 3.8) is 0 Å². The average Bonchev–Trinajstić information content (AvgIpc) is 3.25. The minimum atomic E-state index is -3.52. The summed E-state index contributed by atoms with van der Waals surface area (Å²) < 4.78 is 33.4. The first-order valence-corrected chi connectivity index (χ1v) is 10.1. The summed E-state index contributed by atoms with van der Waals surface area (Å²) in [5, 5.41) is 8.61. The Morgan fingerprint density at radius 1 is 1.28 bits per heavy atom. The van der Waals surface area contributed by atoms with Gasteiger partial charge in [0.05, 0.1) is 17.1 Å². The number of hydrogen-bond acceptors (Lipinski definition) is 4. The number of benzene rings is 1. The van der Waals surface area contributed by atoms with Crippen LogP contribution in [-0.2, 0) is 19.6 Å². The van der Waals surface area contributed by atoms with Gasteiger partial charge in [-0.05, 0) is 37.8 Å². The number of hydrogen-bond donors (Lipinski definition) is 2. The number of unbranched alkanes of at least 4 members (excludes halogenated alkanes) is 1. The monoisotopic (exact) mass is 365 g/mol. The number of carboxylic acids is 1. The number of sulfonamides is 1. The highest BCUT2D eigenvalue weighted by Crippen LogP contribution is 2.45. The van der Waals surface area contributed by atoms with Crippen molar-refractivity contribution in [2.45, 2.75) is 55.2 Å². The van der Waals surface area contributed by atoms with Gasteiger partial charge < -0.3 is 9.84 Å². The van der Waals surface area contributed by atoms with Crippen molar-refractivity contribution in [1.82, 2.24) is 4.72 Å². The van der Waals surface area contributed by atoms with Crippen molar-refractivity contribution in [2.75, 3.05) is 0 Å². The van der Waals surface area contributed by atoms with E-state index in [2.05, 4.69) is 4.72 Å². The van der Waals surface area contributed by atoms with Crippen molar-refractivity contribution in [2.24, 2.45) is 5.92 Å². The average molecular weight is 365 g/mol. The van der Waals surface area contributed by atoms with Gasteiger partial charge in [-0.2, -0.15) is 0 Å². The fraction of sp³-hybridized carbons (Fsp3) is 0.500. The smallest absolute Gasteiger partial charge is 0.303 e. The zero-order valence-corrected chi connectivity index (χ0v) is 14.7. The van der Waals surface area contributed by atoms with Crippen molar-refractivity contribution < 1.29 is 23.1 Å². The Morgan fingerprint density at radius 2 is 2.04 bits per heavy atom. The standard InChI is InChI=1S/C18H23NO5S/c20-17(21)11-7-2-1-6-10-14-15(12-16-18(14)24-16)19-25(22,23)13-8-4-3-5-9-13/h1,3-6,8-9,14-16,18-19H,2,7,10-12H2,(H,20,21)/b6-1-/t14-,15+,16+,18-/m1/s1. The van der Waals surface area contributed by atoms with Gasteiger partial charge in [0.1, 0.15) is 0 Å². The Labute approximate surface area is 147 Å². The van der Waals surface area contributed by atoms with Crippen molar-refractivity contribution in [3.05, 3.63) is 42.5 Å². The van der Waals surface area contributed by atoms with E-state index < -0.39 is 16.0 Å². The molecule has 4 atom stereocenters. The molecule has 1 heterocycles. The molecule has 1 saturated carbocycles. The van der Waals surface area contributed by atoms with Gasteiger partial charge in [-0.15, -0.1) is 0 Å². The number of nitrogens with one attached hydrogen (secondary N) is 1. The fourth-order valence-corrected chi connectivity index (χ4v) is 4.74. The molecule has 1 aliphatic heterocycles. The van der Waals surface area contributed by atoms with E-state index in [9.17, 15) is 13.2 Å². The van der Waals surface area contributed by atoms with Gasteiger partial charge in [-0.1, -0.05) is 30.4 Å². The number of carboxylic acid groups (broad SMARTS) is 1. The summed E-state index contributed by atoms with van der Waals surface area (Å²) in [5.41, 5.74) is 0. The predicted octanol–water partition coefficient (Wildman–Crippen LogP) is 2.32. The molecule has 1 aromatic rings. The zero-order valence-electron chi connectivity index (χ0n) is 13.9. The van der Waals surface area contributed by atoms with E-state index in [-0.39, 0.29) is 35.5 Å². The van der Waals surface area contributed by atoms with E-state index >= 15 is 0 Å². The molecule has 0 amide bonds. The molecule has 6 nitrogen and oxygen atoms in total. The number of rotatable bonds is 9. The number of epoxide rings is 1. The van der Waals surface area contributed by atoms with E-state index in [1.807, 2.05) is 12.2 Å². The molecule has 1 saturated heterocycles. The number of fused-ring (bicyclic) bond motifs is 1. The van der Waals surface area contributed by atoms with E-state index in [4.69, 9.17) is 9.84 Å². The van der Waals surface area contributed by atoms with Gasteiger partial charge in [0.25, 0.3) is 0 Å². The lowest BCUT2D eigenvalue weighted by molar-refractivity contribution is -0.137. The quantitative estimate of drug-likeness (QED) is 0.398. The summed E-state index contributed by atoms with van der Waals surface area (Å²) in [4.78, 5) is 10.8. The number of allylic oxidation sites excluding steroid dienone is 2. The Bertz CT molecular complexity index is 731. The topological polar surface area (TPSA) is 96.0 Å². The molecule has 136 valence electrons. The second-order valence-electron chi connectivity index (χ2n) is 6.57. The minimum absolute atomic E-state index is 0.124. The third-order valence-electron chi connectivity index (χ3n) is 4.74. The van der Waals surface area contributed by atoms with Crippen LogP contribution in [0.25, 0.3) is 0 Å². The molecule has 2 aliphatic rings. The number of ether oxygens (including phenoxy) is 1. The number of aliphatic carboxylic acids is 1. The largest absolute Gasteiger partial charge is 0.481 e. The molecule has 2 N–H and O–H groups in total. The van der Waals surface area contributed by atoms with E-state index in [1.165, 1.54) is 0 Å². The van der Waals surface area contributed by atoms with Gasteiger partial charge in [-0.3, -0.25) is 4.79 Å². The maximum absolute atomic E-state index is 12.5. The molecule has 0 unspecified atom stereocenters. The molecule has 0 aromatic heterocycles. The van der Waals surface area contributed by atoms with Gasteiger partial charge in [-0.25, -0.2) is 13.1 Å². The van der Waals surface area contributed by atoms with Crippen LogP contribution in [0.4, 0.5) is 0 Å². The van der Waals surface area contributed by atoms with Gasteiger partial charge >= 0.3 is 5.97 Å². The second kappa shape index (κ2) is 7.68. The van der Waals surface area contributed by atoms with Crippen LogP contribution < -0.4 is 4.72 Å². The molecule has 0 radical (unpaired) electrons. The summed E-state index contributed by atoms with van der Waals surface area (Å²) in [6.45, 7) is 0. The molecule has 1 aliphatic carbocycles. The molecular weight excluding hydrogens is 342 g/mol. The zero-order chi connectivity index (χ0) is 17.9. The third kappa shape index (κ3) is 4.68. The van der Waals surface area contributed by atoms with E-state index in [0.717, 1.165) is 6.42 Å². The van der Waals surface area contributed by atoms with Crippen molar-refractivity contribution in [3.8, 4) is 0 Å². The third-order valence-corrected chi connectivity index (χ3v) is 6.25. The molecule has 1 aromatic carbocycles.